The van der Waals surface area contributed by atoms with Gasteiger partial charge in [-0.15, -0.1) is 0 Å². The Morgan fingerprint density at radius 1 is 1.23 bits per heavy atom. The van der Waals surface area contributed by atoms with Crippen molar-refractivity contribution in [2.24, 2.45) is 0 Å². The smallest absolute Gasteiger partial charge is 0.184 e. The number of rotatable bonds is 3. The van der Waals surface area contributed by atoms with Gasteiger partial charge in [-0.1, -0.05) is 29.8 Å². The van der Waals surface area contributed by atoms with Gasteiger partial charge in [0.05, 0.1) is 6.61 Å². The Morgan fingerprint density at radius 3 is 2.46 bits per heavy atom. The van der Waals surface area contributed by atoms with Gasteiger partial charge in [-0.25, -0.2) is 0 Å². The fourth-order valence-electron chi connectivity index (χ4n) is 1.10. The molecule has 0 fully saturated rings. The van der Waals surface area contributed by atoms with Crippen LogP contribution in [0.5, 0.6) is 0 Å². The Morgan fingerprint density at radius 2 is 1.92 bits per heavy atom. The molecule has 0 unspecified atom stereocenters. The first kappa shape index (κ1) is 10.5. The van der Waals surface area contributed by atoms with Gasteiger partial charge in [0, 0.05) is 0 Å². The average Bonchev–Trinajstić information content (AvgIpc) is 2.00. The molecule has 0 aliphatic heterocycles. The molecular weight excluding hydrogens is 176 g/mol. The van der Waals surface area contributed by atoms with Gasteiger partial charge < -0.3 is 4.43 Å². The Hall–Kier alpha value is -0.603. The second-order valence-electron chi connectivity index (χ2n) is 4.39. The van der Waals surface area contributed by atoms with Crippen molar-refractivity contribution < 1.29 is 4.43 Å². The monoisotopic (exact) mass is 194 g/mol. The second kappa shape index (κ2) is 4.07. The summed E-state index contributed by atoms with van der Waals surface area (Å²) in [6.07, 6.45) is 0. The Balaban J connectivity index is 2.55. The highest BCUT2D eigenvalue weighted by Crippen LogP contribution is 2.10. The summed E-state index contributed by atoms with van der Waals surface area (Å²) in [5.41, 5.74) is 2.58. The van der Waals surface area contributed by atoms with Crippen LogP contribution in [0.4, 0.5) is 0 Å². The number of hydrogen-bond donors (Lipinski definition) is 0. The molecule has 13 heavy (non-hydrogen) atoms. The van der Waals surface area contributed by atoms with Crippen molar-refractivity contribution in [1.29, 1.82) is 0 Å². The molecule has 0 heterocycles. The van der Waals surface area contributed by atoms with E-state index in [-0.39, 0.29) is 0 Å². The predicted octanol–water partition coefficient (Wildman–Crippen LogP) is 3.35. The van der Waals surface area contributed by atoms with Crippen molar-refractivity contribution in [3.05, 3.63) is 35.4 Å². The summed E-state index contributed by atoms with van der Waals surface area (Å²) in [5.74, 6) is 0. The fourth-order valence-corrected chi connectivity index (χ4v) is 1.70. The summed E-state index contributed by atoms with van der Waals surface area (Å²) in [6, 6.07) is 8.49. The molecule has 0 spiro atoms. The van der Waals surface area contributed by atoms with Crippen LogP contribution in [0.1, 0.15) is 11.1 Å². The van der Waals surface area contributed by atoms with Crippen LogP contribution in [0.3, 0.4) is 0 Å². The molecule has 1 rings (SSSR count). The number of hydrogen-bond acceptors (Lipinski definition) is 1. The van der Waals surface area contributed by atoms with Gasteiger partial charge in [0.25, 0.3) is 0 Å². The summed E-state index contributed by atoms with van der Waals surface area (Å²) < 4.78 is 5.81. The first-order chi connectivity index (χ1) is 5.97. The van der Waals surface area contributed by atoms with Crippen LogP contribution >= 0.6 is 0 Å². The Kier molecular flexibility index (Phi) is 3.28. The van der Waals surface area contributed by atoms with Crippen LogP contribution in [0.25, 0.3) is 0 Å². The molecule has 1 aromatic rings. The highest BCUT2D eigenvalue weighted by atomic mass is 28.4. The maximum Gasteiger partial charge on any atom is 0.184 e. The summed E-state index contributed by atoms with van der Waals surface area (Å²) in [5, 5.41) is 0. The lowest BCUT2D eigenvalue weighted by atomic mass is 10.1. The minimum Gasteiger partial charge on any atom is -0.413 e. The largest absolute Gasteiger partial charge is 0.413 e. The standard InChI is InChI=1S/C11H18OSi/c1-10-6-5-7-11(8-10)9-12-13(2,3)4/h5-8H,9H2,1-4H3. The summed E-state index contributed by atoms with van der Waals surface area (Å²) >= 11 is 0. The van der Waals surface area contributed by atoms with E-state index in [2.05, 4.69) is 50.8 Å². The van der Waals surface area contributed by atoms with Gasteiger partial charge in [0.1, 0.15) is 0 Å². The second-order valence-corrected chi connectivity index (χ2v) is 8.90. The van der Waals surface area contributed by atoms with Crippen LogP contribution in [-0.2, 0) is 11.0 Å². The minimum absolute atomic E-state index is 0.761. The van der Waals surface area contributed by atoms with Gasteiger partial charge in [0.2, 0.25) is 0 Å². The maximum atomic E-state index is 5.81. The van der Waals surface area contributed by atoms with Crippen LogP contribution in [0.2, 0.25) is 19.6 Å². The summed E-state index contributed by atoms with van der Waals surface area (Å²) in [4.78, 5) is 0. The molecule has 0 amide bonds. The zero-order chi connectivity index (χ0) is 9.90. The lowest BCUT2D eigenvalue weighted by molar-refractivity contribution is 0.299. The Bertz CT molecular complexity index is 276. The summed E-state index contributed by atoms with van der Waals surface area (Å²) in [7, 11) is -1.36. The predicted molar refractivity (Wildman–Crippen MR) is 59.3 cm³/mol. The van der Waals surface area contributed by atoms with E-state index in [0.717, 1.165) is 6.61 Å². The van der Waals surface area contributed by atoms with E-state index in [9.17, 15) is 0 Å². The van der Waals surface area contributed by atoms with Gasteiger partial charge in [-0.2, -0.15) is 0 Å². The molecule has 0 aliphatic rings. The third kappa shape index (κ3) is 4.25. The van der Waals surface area contributed by atoms with Gasteiger partial charge >= 0.3 is 0 Å². The molecule has 0 atom stereocenters. The molecule has 0 saturated carbocycles. The number of benzene rings is 1. The van der Waals surface area contributed by atoms with Gasteiger partial charge in [-0.3, -0.25) is 0 Å². The molecule has 72 valence electrons. The molecular formula is C11H18OSi. The topological polar surface area (TPSA) is 9.23 Å². The minimum atomic E-state index is -1.36. The van der Waals surface area contributed by atoms with Crippen LogP contribution < -0.4 is 0 Å². The lowest BCUT2D eigenvalue weighted by Gasteiger charge is -2.17. The SMILES string of the molecule is Cc1cccc(CO[Si](C)(C)C)c1. The van der Waals surface area contributed by atoms with Crippen molar-refractivity contribution in [2.75, 3.05) is 0 Å². The van der Waals surface area contributed by atoms with Gasteiger partial charge in [0.15, 0.2) is 8.32 Å². The zero-order valence-electron chi connectivity index (χ0n) is 8.92. The fraction of sp³-hybridized carbons (Fsp3) is 0.455. The normalized spacial score (nSPS) is 11.7. The van der Waals surface area contributed by atoms with E-state index in [1.807, 2.05) is 0 Å². The van der Waals surface area contributed by atoms with Crippen molar-refractivity contribution in [3.8, 4) is 0 Å². The molecule has 0 aromatic heterocycles. The molecule has 0 aliphatic carbocycles. The van der Waals surface area contributed by atoms with E-state index in [1.165, 1.54) is 11.1 Å². The first-order valence-electron chi connectivity index (χ1n) is 4.67. The van der Waals surface area contributed by atoms with Crippen LogP contribution in [-0.4, -0.2) is 8.32 Å². The van der Waals surface area contributed by atoms with Crippen molar-refractivity contribution >= 4 is 8.32 Å². The van der Waals surface area contributed by atoms with E-state index in [4.69, 9.17) is 4.43 Å². The Labute approximate surface area is 81.9 Å². The molecule has 1 aromatic carbocycles. The van der Waals surface area contributed by atoms with Gasteiger partial charge in [-0.05, 0) is 32.1 Å². The molecule has 0 radical (unpaired) electrons. The average molecular weight is 194 g/mol. The van der Waals surface area contributed by atoms with Crippen molar-refractivity contribution in [3.63, 3.8) is 0 Å². The van der Waals surface area contributed by atoms with E-state index < -0.39 is 8.32 Å². The third-order valence-electron chi connectivity index (χ3n) is 1.75. The molecule has 0 bridgehead atoms. The van der Waals surface area contributed by atoms with Crippen molar-refractivity contribution in [2.45, 2.75) is 33.2 Å². The zero-order valence-corrected chi connectivity index (χ0v) is 9.92. The highest BCUT2D eigenvalue weighted by molar-refractivity contribution is 6.69. The van der Waals surface area contributed by atoms with E-state index in [1.54, 1.807) is 0 Å². The third-order valence-corrected chi connectivity index (χ3v) is 2.76. The molecule has 0 saturated heterocycles. The van der Waals surface area contributed by atoms with Crippen LogP contribution in [0.15, 0.2) is 24.3 Å². The van der Waals surface area contributed by atoms with E-state index >= 15 is 0 Å². The van der Waals surface area contributed by atoms with E-state index in [0.29, 0.717) is 0 Å². The molecule has 0 N–H and O–H groups in total. The maximum absolute atomic E-state index is 5.81. The quantitative estimate of drug-likeness (QED) is 0.671. The summed E-state index contributed by atoms with van der Waals surface area (Å²) in [6.45, 7) is 9.50. The molecule has 1 nitrogen and oxygen atoms in total. The van der Waals surface area contributed by atoms with Crippen molar-refractivity contribution in [1.82, 2.24) is 0 Å². The number of aryl methyl sites for hydroxylation is 1. The first-order valence-corrected chi connectivity index (χ1v) is 8.08. The molecule has 2 heteroatoms. The lowest BCUT2D eigenvalue weighted by Crippen LogP contribution is -2.24. The highest BCUT2D eigenvalue weighted by Gasteiger charge is 2.13. The van der Waals surface area contributed by atoms with Crippen LogP contribution in [0, 0.1) is 6.92 Å².